The molecule has 0 aliphatic carbocycles. The zero-order valence-electron chi connectivity index (χ0n) is 17.6. The molecular formula is C22H28N2O6. The Morgan fingerprint density at radius 1 is 0.967 bits per heavy atom. The van der Waals surface area contributed by atoms with Crippen molar-refractivity contribution in [3.8, 4) is 23.0 Å². The number of hydrogen-bond acceptors (Lipinski definition) is 7. The zero-order valence-corrected chi connectivity index (χ0v) is 17.6. The lowest BCUT2D eigenvalue weighted by molar-refractivity contribution is -0.384. The van der Waals surface area contributed by atoms with Crippen molar-refractivity contribution in [1.82, 2.24) is 0 Å². The molecule has 0 unspecified atom stereocenters. The number of nitro groups is 1. The molecule has 0 radical (unpaired) electrons. The number of nitro benzene ring substituents is 1. The van der Waals surface area contributed by atoms with Crippen LogP contribution < -0.4 is 14.2 Å². The number of phenolic OH excluding ortho intramolecular Hbond substituents is 1. The molecule has 162 valence electrons. The van der Waals surface area contributed by atoms with Crippen LogP contribution in [0, 0.1) is 10.1 Å². The predicted molar refractivity (Wildman–Crippen MR) is 116 cm³/mol. The molecule has 8 nitrogen and oxygen atoms in total. The molecule has 8 heteroatoms. The van der Waals surface area contributed by atoms with Gasteiger partial charge in [0.25, 0.3) is 5.69 Å². The van der Waals surface area contributed by atoms with E-state index in [1.165, 1.54) is 24.4 Å². The van der Waals surface area contributed by atoms with Gasteiger partial charge in [0.15, 0.2) is 0 Å². The van der Waals surface area contributed by atoms with Gasteiger partial charge in [0.2, 0.25) is 0 Å². The van der Waals surface area contributed by atoms with E-state index in [1.807, 2.05) is 20.8 Å². The fourth-order valence-electron chi connectivity index (χ4n) is 2.53. The Bertz CT molecular complexity index is 853. The summed E-state index contributed by atoms with van der Waals surface area (Å²) in [5, 5.41) is 21.1. The molecule has 0 aliphatic heterocycles. The summed E-state index contributed by atoms with van der Waals surface area (Å²) >= 11 is 0. The smallest absolute Gasteiger partial charge is 0.271 e. The average Bonchev–Trinajstić information content (AvgIpc) is 2.74. The van der Waals surface area contributed by atoms with Gasteiger partial charge >= 0.3 is 0 Å². The highest BCUT2D eigenvalue weighted by Crippen LogP contribution is 2.35. The van der Waals surface area contributed by atoms with Gasteiger partial charge in [0, 0.05) is 30.5 Å². The minimum Gasteiger partial charge on any atom is -0.506 e. The summed E-state index contributed by atoms with van der Waals surface area (Å²) in [5.41, 5.74) is 0.498. The SMILES string of the molecule is CCCOc1cc(OCCC)c(C=Nc2cc([N+](=O)[O-])ccc2O)c(OCCC)c1. The summed E-state index contributed by atoms with van der Waals surface area (Å²) < 4.78 is 17.5. The first-order valence-corrected chi connectivity index (χ1v) is 10.1. The Kier molecular flexibility index (Phi) is 8.93. The maximum Gasteiger partial charge on any atom is 0.271 e. The number of hydrogen-bond donors (Lipinski definition) is 1. The van der Waals surface area contributed by atoms with Crippen molar-refractivity contribution in [1.29, 1.82) is 0 Å². The summed E-state index contributed by atoms with van der Waals surface area (Å²) in [4.78, 5) is 14.8. The van der Waals surface area contributed by atoms with Crippen LogP contribution in [0.1, 0.15) is 45.6 Å². The van der Waals surface area contributed by atoms with Crippen molar-refractivity contribution in [3.63, 3.8) is 0 Å². The van der Waals surface area contributed by atoms with E-state index in [2.05, 4.69) is 4.99 Å². The number of aromatic hydroxyl groups is 1. The zero-order chi connectivity index (χ0) is 21.9. The summed E-state index contributed by atoms with van der Waals surface area (Å²) in [7, 11) is 0. The monoisotopic (exact) mass is 416 g/mol. The number of phenols is 1. The maximum absolute atomic E-state index is 11.0. The van der Waals surface area contributed by atoms with Crippen LogP contribution in [0.25, 0.3) is 0 Å². The van der Waals surface area contributed by atoms with Gasteiger partial charge in [0.1, 0.15) is 28.7 Å². The molecule has 0 saturated carbocycles. The second-order valence-corrected chi connectivity index (χ2v) is 6.57. The molecule has 0 fully saturated rings. The maximum atomic E-state index is 11.0. The molecule has 0 aliphatic rings. The van der Waals surface area contributed by atoms with E-state index >= 15 is 0 Å². The molecule has 30 heavy (non-hydrogen) atoms. The third kappa shape index (κ3) is 6.37. The number of benzene rings is 2. The van der Waals surface area contributed by atoms with Crippen LogP contribution in [0.4, 0.5) is 11.4 Å². The van der Waals surface area contributed by atoms with E-state index in [-0.39, 0.29) is 17.1 Å². The number of aliphatic imine (C=N–C) groups is 1. The molecule has 0 atom stereocenters. The van der Waals surface area contributed by atoms with Gasteiger partial charge in [-0.3, -0.25) is 15.1 Å². The van der Waals surface area contributed by atoms with E-state index in [4.69, 9.17) is 14.2 Å². The van der Waals surface area contributed by atoms with Crippen molar-refractivity contribution < 1.29 is 24.2 Å². The third-order valence-corrected chi connectivity index (χ3v) is 3.98. The van der Waals surface area contributed by atoms with Crippen LogP contribution in [-0.4, -0.2) is 36.1 Å². The van der Waals surface area contributed by atoms with Crippen LogP contribution >= 0.6 is 0 Å². The molecule has 2 aromatic carbocycles. The molecule has 0 bridgehead atoms. The van der Waals surface area contributed by atoms with Crippen molar-refractivity contribution in [2.75, 3.05) is 19.8 Å². The molecule has 2 aromatic rings. The second-order valence-electron chi connectivity index (χ2n) is 6.57. The average molecular weight is 416 g/mol. The van der Waals surface area contributed by atoms with Crippen molar-refractivity contribution in [2.24, 2.45) is 4.99 Å². The van der Waals surface area contributed by atoms with Crippen LogP contribution in [0.2, 0.25) is 0 Å². The molecule has 0 spiro atoms. The fraction of sp³-hybridized carbons (Fsp3) is 0.409. The van der Waals surface area contributed by atoms with Gasteiger partial charge in [-0.2, -0.15) is 0 Å². The van der Waals surface area contributed by atoms with Crippen LogP contribution in [0.15, 0.2) is 35.3 Å². The summed E-state index contributed by atoms with van der Waals surface area (Å²) in [5.74, 6) is 1.53. The topological polar surface area (TPSA) is 103 Å². The lowest BCUT2D eigenvalue weighted by Crippen LogP contribution is -2.05. The second kappa shape index (κ2) is 11.6. The Hall–Kier alpha value is -3.29. The van der Waals surface area contributed by atoms with E-state index in [9.17, 15) is 15.2 Å². The number of rotatable bonds is 12. The van der Waals surface area contributed by atoms with E-state index in [0.29, 0.717) is 42.6 Å². The highest BCUT2D eigenvalue weighted by atomic mass is 16.6. The van der Waals surface area contributed by atoms with Crippen molar-refractivity contribution in [2.45, 2.75) is 40.0 Å². The van der Waals surface area contributed by atoms with Gasteiger partial charge in [0.05, 0.1) is 30.3 Å². The Morgan fingerprint density at radius 2 is 1.53 bits per heavy atom. The van der Waals surface area contributed by atoms with E-state index in [0.717, 1.165) is 19.3 Å². The molecule has 2 rings (SSSR count). The lowest BCUT2D eigenvalue weighted by Gasteiger charge is -2.16. The van der Waals surface area contributed by atoms with E-state index in [1.54, 1.807) is 12.1 Å². The van der Waals surface area contributed by atoms with Gasteiger partial charge in [-0.15, -0.1) is 0 Å². The molecule has 0 aromatic heterocycles. The van der Waals surface area contributed by atoms with Crippen molar-refractivity contribution in [3.05, 3.63) is 46.0 Å². The van der Waals surface area contributed by atoms with Gasteiger partial charge in [-0.05, 0) is 25.3 Å². The quantitative estimate of drug-likeness (QED) is 0.282. The predicted octanol–water partition coefficient (Wildman–Crippen LogP) is 5.42. The first kappa shape index (κ1) is 23.0. The normalized spacial score (nSPS) is 10.9. The van der Waals surface area contributed by atoms with Gasteiger partial charge in [-0.1, -0.05) is 20.8 Å². The molecular weight excluding hydrogens is 388 g/mol. The molecule has 0 saturated heterocycles. The Balaban J connectivity index is 2.50. The summed E-state index contributed by atoms with van der Waals surface area (Å²) in [6.45, 7) is 7.58. The third-order valence-electron chi connectivity index (χ3n) is 3.98. The highest BCUT2D eigenvalue weighted by molar-refractivity contribution is 5.90. The lowest BCUT2D eigenvalue weighted by atomic mass is 10.1. The molecule has 1 N–H and O–H groups in total. The number of non-ortho nitro benzene ring substituents is 1. The first-order chi connectivity index (χ1) is 14.5. The highest BCUT2D eigenvalue weighted by Gasteiger charge is 2.15. The number of ether oxygens (including phenoxy) is 3. The summed E-state index contributed by atoms with van der Waals surface area (Å²) in [6, 6.07) is 7.23. The minimum atomic E-state index is -0.538. The number of nitrogens with zero attached hydrogens (tertiary/aromatic N) is 2. The summed E-state index contributed by atoms with van der Waals surface area (Å²) in [6.07, 6.45) is 3.98. The first-order valence-electron chi connectivity index (χ1n) is 10.1. The fourth-order valence-corrected chi connectivity index (χ4v) is 2.53. The Morgan fingerprint density at radius 3 is 2.07 bits per heavy atom. The van der Waals surface area contributed by atoms with Gasteiger partial charge < -0.3 is 19.3 Å². The van der Waals surface area contributed by atoms with Crippen molar-refractivity contribution >= 4 is 17.6 Å². The molecule has 0 amide bonds. The largest absolute Gasteiger partial charge is 0.506 e. The van der Waals surface area contributed by atoms with Crippen LogP contribution in [0.3, 0.4) is 0 Å². The van der Waals surface area contributed by atoms with E-state index < -0.39 is 4.92 Å². The Labute approximate surface area is 176 Å². The minimum absolute atomic E-state index is 0.0818. The van der Waals surface area contributed by atoms with Crippen LogP contribution in [-0.2, 0) is 0 Å². The van der Waals surface area contributed by atoms with Crippen LogP contribution in [0.5, 0.6) is 23.0 Å². The standard InChI is InChI=1S/C22H28N2O6/c1-4-9-28-17-13-21(29-10-5-2)18(22(14-17)30-11-6-3)15-23-19-12-16(24(26)27)7-8-20(19)25/h7-8,12-15,25H,4-6,9-11H2,1-3H3. The molecule has 0 heterocycles. The van der Waals surface area contributed by atoms with Gasteiger partial charge in [-0.25, -0.2) is 0 Å².